The molecule has 0 spiro atoms. The average molecular weight is 380 g/mol. The molecule has 1 aliphatic rings. The Morgan fingerprint density at radius 2 is 1.93 bits per heavy atom. The van der Waals surface area contributed by atoms with E-state index in [1.165, 1.54) is 5.52 Å². The van der Waals surface area contributed by atoms with Crippen LogP contribution in [0.25, 0.3) is 11.0 Å². The minimum Gasteiger partial charge on any atom is -0.352 e. The molecule has 1 aliphatic heterocycles. The van der Waals surface area contributed by atoms with E-state index in [1.54, 1.807) is 17.0 Å². The lowest BCUT2D eigenvalue weighted by Crippen LogP contribution is -2.40. The van der Waals surface area contributed by atoms with Crippen molar-refractivity contribution >= 4 is 16.9 Å². The summed E-state index contributed by atoms with van der Waals surface area (Å²) in [6, 6.07) is 8.80. The van der Waals surface area contributed by atoms with Crippen LogP contribution in [0.15, 0.2) is 41.5 Å². The van der Waals surface area contributed by atoms with Crippen LogP contribution in [-0.2, 0) is 13.0 Å². The molecule has 3 aromatic rings. The van der Waals surface area contributed by atoms with Gasteiger partial charge in [-0.1, -0.05) is 32.9 Å². The molecule has 0 radical (unpaired) electrons. The Morgan fingerprint density at radius 3 is 2.64 bits per heavy atom. The molecule has 2 aromatic heterocycles. The highest BCUT2D eigenvalue weighted by atomic mass is 16.1. The molecule has 0 bridgehead atoms. The van der Waals surface area contributed by atoms with E-state index in [2.05, 4.69) is 53.4 Å². The zero-order chi connectivity index (χ0) is 19.7. The Kier molecular flexibility index (Phi) is 5.20. The zero-order valence-electron chi connectivity index (χ0n) is 17.0. The Balaban J connectivity index is 1.56. The number of rotatable bonds is 5. The largest absolute Gasteiger partial charge is 0.352 e. The van der Waals surface area contributed by atoms with Gasteiger partial charge in [-0.15, -0.1) is 0 Å². The molecule has 1 fully saturated rings. The van der Waals surface area contributed by atoms with E-state index in [0.717, 1.165) is 50.2 Å². The van der Waals surface area contributed by atoms with Crippen molar-refractivity contribution in [3.05, 3.63) is 52.8 Å². The number of imidazole rings is 1. The summed E-state index contributed by atoms with van der Waals surface area (Å²) < 4.78 is 4.21. The molecule has 0 aliphatic carbocycles. The van der Waals surface area contributed by atoms with E-state index in [4.69, 9.17) is 4.98 Å². The first-order valence-electron chi connectivity index (χ1n) is 10.3. The topological polar surface area (TPSA) is 56.0 Å². The van der Waals surface area contributed by atoms with Crippen molar-refractivity contribution in [1.29, 1.82) is 0 Å². The molecule has 6 nitrogen and oxygen atoms in total. The summed E-state index contributed by atoms with van der Waals surface area (Å²) >= 11 is 0. The van der Waals surface area contributed by atoms with Crippen LogP contribution >= 0.6 is 0 Å². The number of hydrogen-bond donors (Lipinski definition) is 0. The first-order valence-corrected chi connectivity index (χ1v) is 10.3. The third kappa shape index (κ3) is 3.43. The van der Waals surface area contributed by atoms with Gasteiger partial charge in [0, 0.05) is 44.5 Å². The van der Waals surface area contributed by atoms with E-state index in [0.29, 0.717) is 17.8 Å². The first-order chi connectivity index (χ1) is 13.6. The van der Waals surface area contributed by atoms with Crippen molar-refractivity contribution in [2.24, 2.45) is 5.92 Å². The van der Waals surface area contributed by atoms with Crippen molar-refractivity contribution in [3.63, 3.8) is 0 Å². The molecule has 1 saturated heterocycles. The van der Waals surface area contributed by atoms with Crippen LogP contribution in [0.4, 0.5) is 5.82 Å². The molecule has 4 rings (SSSR count). The lowest BCUT2D eigenvalue weighted by Gasteiger charge is -2.34. The predicted molar refractivity (Wildman–Crippen MR) is 113 cm³/mol. The second kappa shape index (κ2) is 7.78. The lowest BCUT2D eigenvalue weighted by molar-refractivity contribution is 0.392. The SMILES string of the molecule is CCc1nc2ccccc2n1C1CCN(c2nccn(CC(C)C)c2=O)CC1. The molecule has 0 amide bonds. The number of piperidine rings is 1. The van der Waals surface area contributed by atoms with Crippen molar-refractivity contribution in [3.8, 4) is 0 Å². The van der Waals surface area contributed by atoms with Gasteiger partial charge in [-0.25, -0.2) is 9.97 Å². The number of aromatic nitrogens is 4. The Bertz CT molecular complexity index is 1010. The highest BCUT2D eigenvalue weighted by molar-refractivity contribution is 5.76. The molecule has 0 saturated carbocycles. The minimum atomic E-state index is 0.0250. The molecule has 28 heavy (non-hydrogen) atoms. The number of aryl methyl sites for hydroxylation is 1. The number of fused-ring (bicyclic) bond motifs is 1. The third-order valence-electron chi connectivity index (χ3n) is 5.57. The molecule has 0 atom stereocenters. The number of para-hydroxylation sites is 2. The maximum atomic E-state index is 12.8. The second-order valence-corrected chi connectivity index (χ2v) is 8.06. The molecular weight excluding hydrogens is 350 g/mol. The molecule has 1 aromatic carbocycles. The number of nitrogens with zero attached hydrogens (tertiary/aromatic N) is 5. The second-order valence-electron chi connectivity index (χ2n) is 8.06. The van der Waals surface area contributed by atoms with Gasteiger partial charge in [0.2, 0.25) is 0 Å². The highest BCUT2D eigenvalue weighted by Gasteiger charge is 2.26. The molecule has 6 heteroatoms. The summed E-state index contributed by atoms with van der Waals surface area (Å²) in [7, 11) is 0. The van der Waals surface area contributed by atoms with Crippen LogP contribution in [0.3, 0.4) is 0 Å². The fourth-order valence-corrected chi connectivity index (χ4v) is 4.28. The molecule has 3 heterocycles. The molecule has 0 unspecified atom stereocenters. The van der Waals surface area contributed by atoms with Crippen LogP contribution in [0.1, 0.15) is 45.5 Å². The minimum absolute atomic E-state index is 0.0250. The van der Waals surface area contributed by atoms with Crippen molar-refractivity contribution in [1.82, 2.24) is 19.1 Å². The van der Waals surface area contributed by atoms with Gasteiger partial charge >= 0.3 is 0 Å². The number of hydrogen-bond acceptors (Lipinski definition) is 4. The first kappa shape index (κ1) is 18.7. The summed E-state index contributed by atoms with van der Waals surface area (Å²) in [4.78, 5) is 24.2. The van der Waals surface area contributed by atoms with Gasteiger partial charge < -0.3 is 14.0 Å². The maximum absolute atomic E-state index is 12.8. The monoisotopic (exact) mass is 379 g/mol. The highest BCUT2D eigenvalue weighted by Crippen LogP contribution is 2.29. The van der Waals surface area contributed by atoms with Crippen molar-refractivity contribution < 1.29 is 0 Å². The standard InChI is InChI=1S/C22H29N5O/c1-4-20-24-18-7-5-6-8-19(18)27(20)17-9-12-25(13-10-17)21-22(28)26(14-11-23-21)15-16(2)3/h5-8,11,14,16-17H,4,9-10,12-13,15H2,1-3H3. The Labute approximate surface area is 165 Å². The number of benzene rings is 1. The fourth-order valence-electron chi connectivity index (χ4n) is 4.28. The Morgan fingerprint density at radius 1 is 1.18 bits per heavy atom. The van der Waals surface area contributed by atoms with E-state index >= 15 is 0 Å². The van der Waals surface area contributed by atoms with Gasteiger partial charge in [0.25, 0.3) is 5.56 Å². The maximum Gasteiger partial charge on any atom is 0.293 e. The summed E-state index contributed by atoms with van der Waals surface area (Å²) in [6.45, 7) is 8.82. The van der Waals surface area contributed by atoms with E-state index in [9.17, 15) is 4.79 Å². The average Bonchev–Trinajstić information content (AvgIpc) is 3.08. The summed E-state index contributed by atoms with van der Waals surface area (Å²) in [5.41, 5.74) is 2.31. The number of anilines is 1. The fraction of sp³-hybridized carbons (Fsp3) is 0.500. The van der Waals surface area contributed by atoms with Gasteiger partial charge in [-0.2, -0.15) is 0 Å². The molecular formula is C22H29N5O. The Hall–Kier alpha value is -2.63. The molecule has 148 valence electrons. The third-order valence-corrected chi connectivity index (χ3v) is 5.57. The lowest BCUT2D eigenvalue weighted by atomic mass is 10.0. The van der Waals surface area contributed by atoms with Gasteiger partial charge in [0.15, 0.2) is 5.82 Å². The zero-order valence-corrected chi connectivity index (χ0v) is 17.0. The smallest absolute Gasteiger partial charge is 0.293 e. The van der Waals surface area contributed by atoms with Crippen LogP contribution in [0.2, 0.25) is 0 Å². The van der Waals surface area contributed by atoms with E-state index in [1.807, 2.05) is 6.07 Å². The van der Waals surface area contributed by atoms with Crippen molar-refractivity contribution in [2.45, 2.75) is 52.6 Å². The summed E-state index contributed by atoms with van der Waals surface area (Å²) in [6.07, 6.45) is 6.46. The van der Waals surface area contributed by atoms with Gasteiger partial charge in [-0.3, -0.25) is 4.79 Å². The normalized spacial score (nSPS) is 15.6. The van der Waals surface area contributed by atoms with E-state index in [-0.39, 0.29) is 5.56 Å². The van der Waals surface area contributed by atoms with Crippen LogP contribution in [-0.4, -0.2) is 32.2 Å². The van der Waals surface area contributed by atoms with Gasteiger partial charge in [0.1, 0.15) is 5.82 Å². The summed E-state index contributed by atoms with van der Waals surface area (Å²) in [5.74, 6) is 2.17. The van der Waals surface area contributed by atoms with Gasteiger partial charge in [-0.05, 0) is 30.9 Å². The quantitative estimate of drug-likeness (QED) is 0.679. The molecule has 0 N–H and O–H groups in total. The predicted octanol–water partition coefficient (Wildman–Crippen LogP) is 3.65. The van der Waals surface area contributed by atoms with E-state index < -0.39 is 0 Å². The van der Waals surface area contributed by atoms with Gasteiger partial charge in [0.05, 0.1) is 11.0 Å². The summed E-state index contributed by atoms with van der Waals surface area (Å²) in [5, 5.41) is 0. The van der Waals surface area contributed by atoms with Crippen LogP contribution in [0.5, 0.6) is 0 Å². The van der Waals surface area contributed by atoms with Crippen LogP contribution in [0, 0.1) is 5.92 Å². The van der Waals surface area contributed by atoms with Crippen LogP contribution < -0.4 is 10.5 Å². The van der Waals surface area contributed by atoms with Crippen molar-refractivity contribution in [2.75, 3.05) is 18.0 Å².